The second-order valence-corrected chi connectivity index (χ2v) is 4.19. The molecule has 0 aliphatic heterocycles. The van der Waals surface area contributed by atoms with Gasteiger partial charge < -0.3 is 9.63 Å². The van der Waals surface area contributed by atoms with E-state index in [-0.39, 0.29) is 17.4 Å². The van der Waals surface area contributed by atoms with Crippen LogP contribution >= 0.6 is 0 Å². The Morgan fingerprint density at radius 2 is 2.33 bits per heavy atom. The van der Waals surface area contributed by atoms with Gasteiger partial charge in [-0.3, -0.25) is 0 Å². The lowest BCUT2D eigenvalue weighted by atomic mass is 9.93. The van der Waals surface area contributed by atoms with E-state index in [0.29, 0.717) is 0 Å². The van der Waals surface area contributed by atoms with Crippen molar-refractivity contribution in [3.05, 3.63) is 18.0 Å². The molecule has 0 bridgehead atoms. The summed E-state index contributed by atoms with van der Waals surface area (Å²) >= 11 is 0. The molecule has 1 aromatic heterocycles. The van der Waals surface area contributed by atoms with Crippen molar-refractivity contribution in [1.82, 2.24) is 5.16 Å². The van der Waals surface area contributed by atoms with E-state index in [0.717, 1.165) is 12.1 Å². The molecular weight excluding hydrogens is 154 g/mol. The predicted octanol–water partition coefficient (Wildman–Crippen LogP) is 1.33. The number of nitrogens with zero attached hydrogens (tertiary/aromatic N) is 1. The van der Waals surface area contributed by atoms with Gasteiger partial charge in [0.15, 0.2) is 0 Å². The first-order valence-electron chi connectivity index (χ1n) is 4.14. The molecule has 1 aliphatic carbocycles. The molecule has 2 rings (SSSR count). The highest BCUT2D eigenvalue weighted by atomic mass is 16.5. The Bertz CT molecular complexity index is 279. The minimum absolute atomic E-state index is 0.139. The van der Waals surface area contributed by atoms with Crippen molar-refractivity contribution in [1.29, 1.82) is 0 Å². The molecule has 1 unspecified atom stereocenters. The SMILES string of the molecule is CC1(C)CC1(CO)c1ccon1. The highest BCUT2D eigenvalue weighted by molar-refractivity contribution is 5.30. The van der Waals surface area contributed by atoms with Crippen molar-refractivity contribution in [2.24, 2.45) is 5.41 Å². The predicted molar refractivity (Wildman–Crippen MR) is 43.7 cm³/mol. The third-order valence-electron chi connectivity index (χ3n) is 3.11. The molecule has 0 radical (unpaired) electrons. The smallest absolute Gasteiger partial charge is 0.124 e. The second-order valence-electron chi connectivity index (χ2n) is 4.19. The van der Waals surface area contributed by atoms with Crippen LogP contribution in [0, 0.1) is 5.41 Å². The number of rotatable bonds is 2. The van der Waals surface area contributed by atoms with E-state index in [1.807, 2.05) is 6.07 Å². The zero-order chi connectivity index (χ0) is 8.82. The van der Waals surface area contributed by atoms with Crippen LogP contribution in [-0.2, 0) is 5.41 Å². The van der Waals surface area contributed by atoms with Crippen LogP contribution in [0.3, 0.4) is 0 Å². The Kier molecular flexibility index (Phi) is 1.37. The fourth-order valence-corrected chi connectivity index (χ4v) is 1.96. The minimum atomic E-state index is -0.139. The lowest BCUT2D eigenvalue weighted by Crippen LogP contribution is -2.19. The molecule has 1 aromatic rings. The largest absolute Gasteiger partial charge is 0.395 e. The normalized spacial score (nSPS) is 31.9. The highest BCUT2D eigenvalue weighted by Gasteiger charge is 2.63. The summed E-state index contributed by atoms with van der Waals surface area (Å²) in [6.45, 7) is 4.43. The molecule has 1 atom stereocenters. The molecule has 1 saturated carbocycles. The average Bonchev–Trinajstić information content (AvgIpc) is 2.52. The third kappa shape index (κ3) is 0.771. The molecule has 0 saturated heterocycles. The molecule has 66 valence electrons. The maximum Gasteiger partial charge on any atom is 0.124 e. The van der Waals surface area contributed by atoms with Crippen LogP contribution < -0.4 is 0 Å². The maximum absolute atomic E-state index is 9.28. The third-order valence-corrected chi connectivity index (χ3v) is 3.11. The first-order valence-corrected chi connectivity index (χ1v) is 4.14. The average molecular weight is 167 g/mol. The topological polar surface area (TPSA) is 46.3 Å². The summed E-state index contributed by atoms with van der Waals surface area (Å²) < 4.78 is 4.77. The van der Waals surface area contributed by atoms with E-state index >= 15 is 0 Å². The van der Waals surface area contributed by atoms with Crippen LogP contribution in [0.25, 0.3) is 0 Å². The van der Waals surface area contributed by atoms with Crippen LogP contribution in [0.5, 0.6) is 0 Å². The fraction of sp³-hybridized carbons (Fsp3) is 0.667. The second kappa shape index (κ2) is 2.10. The van der Waals surface area contributed by atoms with Gasteiger partial charge in [-0.2, -0.15) is 0 Å². The molecule has 0 spiro atoms. The van der Waals surface area contributed by atoms with Crippen molar-refractivity contribution in [3.63, 3.8) is 0 Å². The zero-order valence-corrected chi connectivity index (χ0v) is 7.37. The molecular formula is C9H13NO2. The maximum atomic E-state index is 9.28. The van der Waals surface area contributed by atoms with E-state index < -0.39 is 0 Å². The lowest BCUT2D eigenvalue weighted by molar-refractivity contribution is 0.224. The van der Waals surface area contributed by atoms with Crippen molar-refractivity contribution in [3.8, 4) is 0 Å². The zero-order valence-electron chi connectivity index (χ0n) is 7.37. The van der Waals surface area contributed by atoms with Gasteiger partial charge in [0.1, 0.15) is 6.26 Å². The van der Waals surface area contributed by atoms with E-state index in [1.54, 1.807) is 6.26 Å². The molecule has 0 aromatic carbocycles. The summed E-state index contributed by atoms with van der Waals surface area (Å²) in [4.78, 5) is 0. The number of aliphatic hydroxyl groups is 1. The van der Waals surface area contributed by atoms with E-state index in [1.165, 1.54) is 0 Å². The number of aromatic nitrogens is 1. The highest BCUT2D eigenvalue weighted by Crippen LogP contribution is 2.63. The van der Waals surface area contributed by atoms with E-state index in [9.17, 15) is 5.11 Å². The van der Waals surface area contributed by atoms with Crippen LogP contribution in [0.15, 0.2) is 16.9 Å². The van der Waals surface area contributed by atoms with Gasteiger partial charge in [0.05, 0.1) is 12.3 Å². The molecule has 1 aliphatic rings. The molecule has 3 nitrogen and oxygen atoms in total. The van der Waals surface area contributed by atoms with Crippen molar-refractivity contribution < 1.29 is 9.63 Å². The first kappa shape index (κ1) is 7.80. The summed E-state index contributed by atoms with van der Waals surface area (Å²) in [5.74, 6) is 0. The van der Waals surface area contributed by atoms with E-state index in [2.05, 4.69) is 19.0 Å². The standard InChI is InChI=1S/C9H13NO2/c1-8(2)5-9(8,6-11)7-3-4-12-10-7/h3-4,11H,5-6H2,1-2H3. The number of hydrogen-bond donors (Lipinski definition) is 1. The summed E-state index contributed by atoms with van der Waals surface area (Å²) in [5, 5.41) is 13.2. The Labute approximate surface area is 71.4 Å². The van der Waals surface area contributed by atoms with Crippen molar-refractivity contribution in [2.45, 2.75) is 25.7 Å². The summed E-state index contributed by atoms with van der Waals surface area (Å²) in [6, 6.07) is 1.84. The van der Waals surface area contributed by atoms with Gasteiger partial charge in [0, 0.05) is 11.5 Å². The molecule has 0 amide bonds. The Hall–Kier alpha value is -0.830. The molecule has 12 heavy (non-hydrogen) atoms. The van der Waals surface area contributed by atoms with Gasteiger partial charge in [0.25, 0.3) is 0 Å². The van der Waals surface area contributed by atoms with Crippen LogP contribution in [0.4, 0.5) is 0 Å². The number of hydrogen-bond acceptors (Lipinski definition) is 3. The summed E-state index contributed by atoms with van der Waals surface area (Å²) in [5.41, 5.74) is 0.911. The summed E-state index contributed by atoms with van der Waals surface area (Å²) in [7, 11) is 0. The van der Waals surface area contributed by atoms with Crippen molar-refractivity contribution in [2.75, 3.05) is 6.61 Å². The quantitative estimate of drug-likeness (QED) is 0.722. The van der Waals surface area contributed by atoms with Gasteiger partial charge in [-0.1, -0.05) is 19.0 Å². The van der Waals surface area contributed by atoms with Gasteiger partial charge >= 0.3 is 0 Å². The van der Waals surface area contributed by atoms with Gasteiger partial charge in [-0.05, 0) is 11.8 Å². The van der Waals surface area contributed by atoms with Gasteiger partial charge in [-0.15, -0.1) is 0 Å². The lowest BCUT2D eigenvalue weighted by Gasteiger charge is -2.13. The summed E-state index contributed by atoms with van der Waals surface area (Å²) in [6.07, 6.45) is 2.55. The molecule has 1 N–H and O–H groups in total. The van der Waals surface area contributed by atoms with E-state index in [4.69, 9.17) is 4.52 Å². The van der Waals surface area contributed by atoms with Crippen LogP contribution in [0.1, 0.15) is 26.0 Å². The molecule has 3 heteroatoms. The van der Waals surface area contributed by atoms with Gasteiger partial charge in [0.2, 0.25) is 0 Å². The molecule has 1 heterocycles. The number of aliphatic hydroxyl groups excluding tert-OH is 1. The Morgan fingerprint density at radius 3 is 2.67 bits per heavy atom. The van der Waals surface area contributed by atoms with Gasteiger partial charge in [-0.25, -0.2) is 0 Å². The minimum Gasteiger partial charge on any atom is -0.395 e. The van der Waals surface area contributed by atoms with Crippen LogP contribution in [0.2, 0.25) is 0 Å². The monoisotopic (exact) mass is 167 g/mol. The van der Waals surface area contributed by atoms with Crippen molar-refractivity contribution >= 4 is 0 Å². The Morgan fingerprint density at radius 1 is 1.67 bits per heavy atom. The van der Waals surface area contributed by atoms with Crippen LogP contribution in [-0.4, -0.2) is 16.9 Å². The molecule has 1 fully saturated rings. The first-order chi connectivity index (χ1) is 5.62. The fourth-order valence-electron chi connectivity index (χ4n) is 1.96. The Balaban J connectivity index is 2.34.